The van der Waals surface area contributed by atoms with Gasteiger partial charge in [0.15, 0.2) is 18.1 Å². The molecule has 0 aromatic heterocycles. The molecule has 1 saturated heterocycles. The first kappa shape index (κ1) is 23.0. The lowest BCUT2D eigenvalue weighted by molar-refractivity contribution is -0.162. The summed E-state index contributed by atoms with van der Waals surface area (Å²) in [5.74, 6) is 0.610. The minimum absolute atomic E-state index is 0.140. The number of nitrogens with one attached hydrogen (secondary N) is 1. The van der Waals surface area contributed by atoms with Gasteiger partial charge in [0.1, 0.15) is 0 Å². The van der Waals surface area contributed by atoms with Gasteiger partial charge in [-0.15, -0.1) is 0 Å². The number of halogens is 3. The van der Waals surface area contributed by atoms with Gasteiger partial charge in [0.05, 0.1) is 13.2 Å². The van der Waals surface area contributed by atoms with Gasteiger partial charge in [-0.25, -0.2) is 4.79 Å². The highest BCUT2D eigenvalue weighted by molar-refractivity contribution is 5.93. The van der Waals surface area contributed by atoms with E-state index in [2.05, 4.69) is 10.1 Å². The van der Waals surface area contributed by atoms with Gasteiger partial charge in [0, 0.05) is 30.8 Å². The summed E-state index contributed by atoms with van der Waals surface area (Å²) < 4.78 is 52.2. The molecule has 2 fully saturated rings. The van der Waals surface area contributed by atoms with Crippen LogP contribution in [0.5, 0.6) is 11.5 Å². The molecular formula is C21H27F3N2O5. The van der Waals surface area contributed by atoms with Crippen molar-refractivity contribution >= 4 is 17.7 Å². The fraction of sp³-hybridized carbons (Fsp3) is 0.619. The molecule has 0 atom stereocenters. The van der Waals surface area contributed by atoms with Crippen LogP contribution >= 0.6 is 0 Å². The predicted molar refractivity (Wildman–Crippen MR) is 106 cm³/mol. The van der Waals surface area contributed by atoms with Gasteiger partial charge in [-0.1, -0.05) is 0 Å². The van der Waals surface area contributed by atoms with Gasteiger partial charge in [-0.3, -0.25) is 4.79 Å². The Kier molecular flexibility index (Phi) is 7.50. The second-order valence-electron chi connectivity index (χ2n) is 7.81. The molecular weight excluding hydrogens is 417 g/mol. The monoisotopic (exact) mass is 444 g/mol. The number of benzene rings is 1. The number of alkyl halides is 3. The molecule has 31 heavy (non-hydrogen) atoms. The lowest BCUT2D eigenvalue weighted by Crippen LogP contribution is -2.42. The standard InChI is InChI=1S/C21H27F3N2O5/c1-29-17-7-6-15(12-18(17)31-16-4-2-3-5-16)25-19(27)14-8-10-26(11-9-14)20(28)30-13-21(22,23)24/h6-7,12,14,16H,2-5,8-11,13H2,1H3,(H,25,27). The van der Waals surface area contributed by atoms with E-state index in [0.29, 0.717) is 30.0 Å². The highest BCUT2D eigenvalue weighted by Crippen LogP contribution is 2.34. The van der Waals surface area contributed by atoms with E-state index in [1.165, 1.54) is 4.90 Å². The Bertz CT molecular complexity index is 773. The summed E-state index contributed by atoms with van der Waals surface area (Å²) in [5, 5.41) is 2.86. The average molecular weight is 444 g/mol. The first-order valence-corrected chi connectivity index (χ1v) is 10.4. The molecule has 2 aliphatic rings. The summed E-state index contributed by atoms with van der Waals surface area (Å²) >= 11 is 0. The number of carbonyl (C=O) groups is 2. The summed E-state index contributed by atoms with van der Waals surface area (Å²) in [6, 6.07) is 5.19. The van der Waals surface area contributed by atoms with Gasteiger partial charge in [0.25, 0.3) is 0 Å². The summed E-state index contributed by atoms with van der Waals surface area (Å²) in [6.45, 7) is -1.30. The van der Waals surface area contributed by atoms with E-state index >= 15 is 0 Å². The molecule has 1 aliphatic carbocycles. The van der Waals surface area contributed by atoms with E-state index in [1.54, 1.807) is 25.3 Å². The molecule has 2 amide bonds. The second-order valence-corrected chi connectivity index (χ2v) is 7.81. The molecule has 1 aliphatic heterocycles. The first-order valence-electron chi connectivity index (χ1n) is 10.4. The Hall–Kier alpha value is -2.65. The quantitative estimate of drug-likeness (QED) is 0.705. The molecule has 3 rings (SSSR count). The summed E-state index contributed by atoms with van der Waals surface area (Å²) in [5.41, 5.74) is 0.575. The Labute approximate surface area is 178 Å². The molecule has 1 heterocycles. The van der Waals surface area contributed by atoms with E-state index in [-0.39, 0.29) is 31.0 Å². The zero-order chi connectivity index (χ0) is 22.4. The van der Waals surface area contributed by atoms with Gasteiger partial charge in [-0.2, -0.15) is 13.2 Å². The van der Waals surface area contributed by atoms with Crippen LogP contribution in [-0.4, -0.2) is 56.0 Å². The maximum Gasteiger partial charge on any atom is 0.422 e. The predicted octanol–water partition coefficient (Wildman–Crippen LogP) is 4.37. The Morgan fingerprint density at radius 2 is 1.77 bits per heavy atom. The minimum atomic E-state index is -4.56. The van der Waals surface area contributed by atoms with Crippen LogP contribution in [0.15, 0.2) is 18.2 Å². The first-order chi connectivity index (χ1) is 14.7. The molecule has 1 aromatic rings. The van der Waals surface area contributed by atoms with Crippen molar-refractivity contribution in [2.45, 2.75) is 50.8 Å². The number of anilines is 1. The number of likely N-dealkylation sites (tertiary alicyclic amines) is 1. The third kappa shape index (κ3) is 6.67. The molecule has 0 bridgehead atoms. The molecule has 1 saturated carbocycles. The highest BCUT2D eigenvalue weighted by atomic mass is 19.4. The zero-order valence-corrected chi connectivity index (χ0v) is 17.4. The van der Waals surface area contributed by atoms with Gasteiger partial charge in [-0.05, 0) is 50.7 Å². The topological polar surface area (TPSA) is 77.1 Å². The molecule has 172 valence electrons. The molecule has 0 unspecified atom stereocenters. The van der Waals surface area contributed by atoms with Crippen molar-refractivity contribution in [2.75, 3.05) is 32.1 Å². The van der Waals surface area contributed by atoms with Crippen molar-refractivity contribution in [1.82, 2.24) is 4.90 Å². The van der Waals surface area contributed by atoms with Crippen LogP contribution in [0.25, 0.3) is 0 Å². The second kappa shape index (κ2) is 10.1. The third-order valence-corrected chi connectivity index (χ3v) is 5.51. The van der Waals surface area contributed by atoms with E-state index in [4.69, 9.17) is 9.47 Å². The number of hydrogen-bond acceptors (Lipinski definition) is 5. The average Bonchev–Trinajstić information content (AvgIpc) is 3.25. The van der Waals surface area contributed by atoms with Crippen LogP contribution in [0.4, 0.5) is 23.7 Å². The largest absolute Gasteiger partial charge is 0.493 e. The van der Waals surface area contributed by atoms with Crippen molar-refractivity contribution in [2.24, 2.45) is 5.92 Å². The number of hydrogen-bond donors (Lipinski definition) is 1. The molecule has 0 spiro atoms. The molecule has 7 nitrogen and oxygen atoms in total. The zero-order valence-electron chi connectivity index (χ0n) is 17.4. The Morgan fingerprint density at radius 3 is 2.39 bits per heavy atom. The van der Waals surface area contributed by atoms with E-state index in [9.17, 15) is 22.8 Å². The number of nitrogens with zero attached hydrogens (tertiary/aromatic N) is 1. The number of amides is 2. The number of rotatable bonds is 6. The van der Waals surface area contributed by atoms with Crippen molar-refractivity contribution in [1.29, 1.82) is 0 Å². The molecule has 10 heteroatoms. The van der Waals surface area contributed by atoms with Gasteiger partial charge >= 0.3 is 12.3 Å². The number of piperidine rings is 1. The highest BCUT2D eigenvalue weighted by Gasteiger charge is 2.33. The van der Waals surface area contributed by atoms with Crippen LogP contribution in [-0.2, 0) is 9.53 Å². The Morgan fingerprint density at radius 1 is 1.10 bits per heavy atom. The smallest absolute Gasteiger partial charge is 0.422 e. The van der Waals surface area contributed by atoms with Crippen LogP contribution < -0.4 is 14.8 Å². The van der Waals surface area contributed by atoms with Crippen LogP contribution in [0.2, 0.25) is 0 Å². The SMILES string of the molecule is COc1ccc(NC(=O)C2CCN(C(=O)OCC(F)(F)F)CC2)cc1OC1CCCC1. The molecule has 1 aromatic carbocycles. The van der Waals surface area contributed by atoms with Crippen LogP contribution in [0.1, 0.15) is 38.5 Å². The van der Waals surface area contributed by atoms with Crippen molar-refractivity contribution < 1.29 is 37.0 Å². The van der Waals surface area contributed by atoms with E-state index in [0.717, 1.165) is 25.7 Å². The fourth-order valence-electron chi connectivity index (χ4n) is 3.84. The third-order valence-electron chi connectivity index (χ3n) is 5.51. The molecule has 1 N–H and O–H groups in total. The van der Waals surface area contributed by atoms with E-state index < -0.39 is 18.9 Å². The maximum atomic E-state index is 12.6. The van der Waals surface area contributed by atoms with Gasteiger partial charge < -0.3 is 24.4 Å². The minimum Gasteiger partial charge on any atom is -0.493 e. The van der Waals surface area contributed by atoms with Crippen molar-refractivity contribution in [3.8, 4) is 11.5 Å². The summed E-state index contributed by atoms with van der Waals surface area (Å²) in [4.78, 5) is 25.6. The number of carbonyl (C=O) groups excluding carboxylic acids is 2. The summed E-state index contributed by atoms with van der Waals surface area (Å²) in [7, 11) is 1.56. The van der Waals surface area contributed by atoms with E-state index in [1.807, 2.05) is 0 Å². The fourth-order valence-corrected chi connectivity index (χ4v) is 3.84. The lowest BCUT2D eigenvalue weighted by atomic mass is 9.96. The van der Waals surface area contributed by atoms with Crippen molar-refractivity contribution in [3.63, 3.8) is 0 Å². The summed E-state index contributed by atoms with van der Waals surface area (Å²) in [6.07, 6.45) is -0.512. The van der Waals surface area contributed by atoms with Crippen molar-refractivity contribution in [3.05, 3.63) is 18.2 Å². The Balaban J connectivity index is 1.52. The van der Waals surface area contributed by atoms with Gasteiger partial charge in [0.2, 0.25) is 5.91 Å². The lowest BCUT2D eigenvalue weighted by Gasteiger charge is -2.30. The maximum absolute atomic E-state index is 12.6. The number of methoxy groups -OCH3 is 1. The van der Waals surface area contributed by atoms with Crippen LogP contribution in [0, 0.1) is 5.92 Å². The normalized spacial score (nSPS) is 18.0. The number of ether oxygens (including phenoxy) is 3. The molecule has 0 radical (unpaired) electrons. The van der Waals surface area contributed by atoms with Crippen LogP contribution in [0.3, 0.4) is 0 Å².